The van der Waals surface area contributed by atoms with Crippen LogP contribution in [0.25, 0.3) is 22.1 Å². The Balaban J connectivity index is 1.71. The highest BCUT2D eigenvalue weighted by Gasteiger charge is 2.45. The molecule has 2 heterocycles. The van der Waals surface area contributed by atoms with E-state index in [1.54, 1.807) is 6.07 Å². The molecule has 34 heavy (non-hydrogen) atoms. The first-order chi connectivity index (χ1) is 16.3. The molecule has 0 unspecified atom stereocenters. The van der Waals surface area contributed by atoms with Crippen molar-refractivity contribution >= 4 is 11.0 Å². The van der Waals surface area contributed by atoms with Gasteiger partial charge in [0.2, 0.25) is 11.7 Å². The van der Waals surface area contributed by atoms with Crippen molar-refractivity contribution in [1.29, 1.82) is 0 Å². The third kappa shape index (κ3) is 4.15. The SMILES string of the molecule is COc1ccc(-c2coc3cc(O[C@@H]4O[C@@H](CO)[C@@H](O)[C@H](O)[C@H]4O)c(OC)cc3c2=O)cc1O. The fourth-order valence-corrected chi connectivity index (χ4v) is 3.74. The summed E-state index contributed by atoms with van der Waals surface area (Å²) in [6.45, 7) is -0.613. The lowest BCUT2D eigenvalue weighted by molar-refractivity contribution is -0.277. The Kier molecular flexibility index (Phi) is 6.64. The van der Waals surface area contributed by atoms with Crippen molar-refractivity contribution in [3.8, 4) is 34.1 Å². The summed E-state index contributed by atoms with van der Waals surface area (Å²) in [7, 11) is 2.75. The second kappa shape index (κ2) is 9.49. The lowest BCUT2D eigenvalue weighted by atomic mass is 9.99. The van der Waals surface area contributed by atoms with Crippen molar-refractivity contribution in [3.05, 3.63) is 46.8 Å². The van der Waals surface area contributed by atoms with Crippen molar-refractivity contribution < 1.29 is 48.9 Å². The summed E-state index contributed by atoms with van der Waals surface area (Å²) in [6, 6.07) is 7.24. The van der Waals surface area contributed by atoms with E-state index in [-0.39, 0.29) is 39.5 Å². The molecule has 0 aliphatic carbocycles. The molecule has 5 atom stereocenters. The van der Waals surface area contributed by atoms with Crippen LogP contribution in [0.1, 0.15) is 0 Å². The zero-order valence-electron chi connectivity index (χ0n) is 18.2. The lowest BCUT2D eigenvalue weighted by Gasteiger charge is -2.39. The van der Waals surface area contributed by atoms with Gasteiger partial charge < -0.3 is 48.9 Å². The smallest absolute Gasteiger partial charge is 0.229 e. The summed E-state index contributed by atoms with van der Waals surface area (Å²) >= 11 is 0. The predicted molar refractivity (Wildman–Crippen MR) is 117 cm³/mol. The summed E-state index contributed by atoms with van der Waals surface area (Å²) in [5.41, 5.74) is 0.333. The van der Waals surface area contributed by atoms with E-state index >= 15 is 0 Å². The molecule has 1 fully saturated rings. The van der Waals surface area contributed by atoms with E-state index in [1.165, 1.54) is 44.7 Å². The molecular weight excluding hydrogens is 452 g/mol. The highest BCUT2D eigenvalue weighted by Crippen LogP contribution is 2.36. The van der Waals surface area contributed by atoms with Crippen LogP contribution in [-0.4, -0.2) is 77.1 Å². The van der Waals surface area contributed by atoms with Crippen molar-refractivity contribution in [3.63, 3.8) is 0 Å². The highest BCUT2D eigenvalue weighted by molar-refractivity contribution is 5.85. The van der Waals surface area contributed by atoms with Gasteiger partial charge in [0.15, 0.2) is 23.0 Å². The molecular formula is C23H24O11. The minimum Gasteiger partial charge on any atom is -0.504 e. The van der Waals surface area contributed by atoms with Gasteiger partial charge in [-0.2, -0.15) is 0 Å². The van der Waals surface area contributed by atoms with E-state index in [0.29, 0.717) is 5.56 Å². The van der Waals surface area contributed by atoms with E-state index in [2.05, 4.69) is 0 Å². The lowest BCUT2D eigenvalue weighted by Crippen LogP contribution is -2.60. The largest absolute Gasteiger partial charge is 0.504 e. The highest BCUT2D eigenvalue weighted by atomic mass is 16.7. The van der Waals surface area contributed by atoms with Gasteiger partial charge in [-0.15, -0.1) is 0 Å². The Morgan fingerprint density at radius 1 is 0.941 bits per heavy atom. The molecule has 0 bridgehead atoms. The van der Waals surface area contributed by atoms with Gasteiger partial charge in [0.1, 0.15) is 36.3 Å². The number of benzene rings is 2. The number of rotatable bonds is 6. The first-order valence-electron chi connectivity index (χ1n) is 10.3. The fraction of sp³-hybridized carbons (Fsp3) is 0.348. The number of phenols is 1. The first-order valence-corrected chi connectivity index (χ1v) is 10.3. The Bertz CT molecular complexity index is 1240. The summed E-state index contributed by atoms with van der Waals surface area (Å²) in [6.07, 6.45) is -6.16. The average Bonchev–Trinajstić information content (AvgIpc) is 2.84. The van der Waals surface area contributed by atoms with Gasteiger partial charge in [0.25, 0.3) is 0 Å². The molecule has 0 radical (unpaired) electrons. The second-order valence-electron chi connectivity index (χ2n) is 7.68. The van der Waals surface area contributed by atoms with E-state index in [0.717, 1.165) is 0 Å². The number of methoxy groups -OCH3 is 2. The van der Waals surface area contributed by atoms with Crippen LogP contribution in [-0.2, 0) is 4.74 Å². The van der Waals surface area contributed by atoms with Gasteiger partial charge in [0, 0.05) is 6.07 Å². The van der Waals surface area contributed by atoms with E-state index in [9.17, 15) is 30.3 Å². The van der Waals surface area contributed by atoms with E-state index in [1.807, 2.05) is 0 Å². The molecule has 3 aromatic rings. The number of aliphatic hydroxyl groups is 4. The first kappa shape index (κ1) is 23.8. The molecule has 4 rings (SSSR count). The molecule has 1 saturated heterocycles. The van der Waals surface area contributed by atoms with E-state index in [4.69, 9.17) is 23.4 Å². The standard InChI is InChI=1S/C23H24O11/c1-30-14-4-3-10(5-13(14)25)12-9-32-15-7-17(16(31-2)6-11(15)19(12)26)33-23-22(29)21(28)20(27)18(8-24)34-23/h3-7,9,18,20-25,27-29H,8H2,1-2H3/t18-,20+,21-,22+,23+/m0/s1. The van der Waals surface area contributed by atoms with Crippen molar-refractivity contribution in [2.75, 3.05) is 20.8 Å². The minimum absolute atomic E-state index is 0.0253. The summed E-state index contributed by atoms with van der Waals surface area (Å²) in [5.74, 6) is 0.245. The topological polar surface area (TPSA) is 168 Å². The Hall–Kier alpha value is -3.35. The molecule has 0 spiro atoms. The Morgan fingerprint density at radius 3 is 2.32 bits per heavy atom. The number of aliphatic hydroxyl groups excluding tert-OH is 4. The van der Waals surface area contributed by atoms with Crippen LogP contribution >= 0.6 is 0 Å². The van der Waals surface area contributed by atoms with Crippen molar-refractivity contribution in [2.45, 2.75) is 30.7 Å². The number of fused-ring (bicyclic) bond motifs is 1. The quantitative estimate of drug-likeness (QED) is 0.333. The van der Waals surface area contributed by atoms with Crippen LogP contribution in [0, 0.1) is 0 Å². The third-order valence-electron chi connectivity index (χ3n) is 5.64. The molecule has 11 nitrogen and oxygen atoms in total. The monoisotopic (exact) mass is 476 g/mol. The molecule has 1 aliphatic heterocycles. The van der Waals surface area contributed by atoms with Crippen LogP contribution in [0.3, 0.4) is 0 Å². The van der Waals surface area contributed by atoms with Crippen molar-refractivity contribution in [1.82, 2.24) is 0 Å². The molecule has 11 heteroatoms. The van der Waals surface area contributed by atoms with Gasteiger partial charge in [0.05, 0.1) is 31.8 Å². The summed E-state index contributed by atoms with van der Waals surface area (Å²) in [4.78, 5) is 13.2. The Morgan fingerprint density at radius 2 is 1.68 bits per heavy atom. The zero-order chi connectivity index (χ0) is 24.6. The number of hydrogen-bond donors (Lipinski definition) is 5. The van der Waals surface area contributed by atoms with Crippen LogP contribution in [0.4, 0.5) is 0 Å². The van der Waals surface area contributed by atoms with Crippen molar-refractivity contribution in [2.24, 2.45) is 0 Å². The van der Waals surface area contributed by atoms with Crippen LogP contribution in [0.2, 0.25) is 0 Å². The maximum absolute atomic E-state index is 13.2. The molecule has 0 amide bonds. The van der Waals surface area contributed by atoms with Gasteiger partial charge >= 0.3 is 0 Å². The van der Waals surface area contributed by atoms with Crippen LogP contribution in [0.15, 0.2) is 45.8 Å². The zero-order valence-corrected chi connectivity index (χ0v) is 18.2. The molecule has 5 N–H and O–H groups in total. The molecule has 1 aliphatic rings. The van der Waals surface area contributed by atoms with Gasteiger partial charge in [-0.3, -0.25) is 4.79 Å². The van der Waals surface area contributed by atoms with Crippen LogP contribution in [0.5, 0.6) is 23.0 Å². The minimum atomic E-state index is -1.63. The maximum Gasteiger partial charge on any atom is 0.229 e. The maximum atomic E-state index is 13.2. The van der Waals surface area contributed by atoms with Gasteiger partial charge in [-0.1, -0.05) is 6.07 Å². The Labute approximate surface area is 192 Å². The van der Waals surface area contributed by atoms with Gasteiger partial charge in [-0.25, -0.2) is 0 Å². The number of ether oxygens (including phenoxy) is 4. The predicted octanol–water partition coefficient (Wildman–Crippen LogP) is 0.362. The number of phenolic OH excluding ortho intramolecular Hbond substituents is 1. The van der Waals surface area contributed by atoms with Gasteiger partial charge in [-0.05, 0) is 23.8 Å². The molecule has 2 aromatic carbocycles. The summed E-state index contributed by atoms with van der Waals surface area (Å²) in [5, 5.41) is 49.7. The molecule has 182 valence electrons. The number of hydrogen-bond acceptors (Lipinski definition) is 11. The second-order valence-corrected chi connectivity index (χ2v) is 7.68. The fourth-order valence-electron chi connectivity index (χ4n) is 3.74. The number of aromatic hydroxyl groups is 1. The average molecular weight is 476 g/mol. The molecule has 1 aromatic heterocycles. The third-order valence-corrected chi connectivity index (χ3v) is 5.64. The normalized spacial score (nSPS) is 24.7. The van der Waals surface area contributed by atoms with Crippen LogP contribution < -0.4 is 19.6 Å². The molecule has 0 saturated carbocycles. The summed E-state index contributed by atoms with van der Waals surface area (Å²) < 4.78 is 27.0. The van der Waals surface area contributed by atoms with E-state index < -0.39 is 42.7 Å².